The van der Waals surface area contributed by atoms with Gasteiger partial charge in [-0.3, -0.25) is 0 Å². The summed E-state index contributed by atoms with van der Waals surface area (Å²) in [7, 11) is 0. The SMILES string of the molecule is CCCCCCCCC1(CCCCCCCC)c2cc(N(c3ccc(C)c(CC)c3)c3ccc(C)c(CC)c3)ccc2-c2ccc(C(C)(C)C)cc21. The Morgan fingerprint density at radius 3 is 1.38 bits per heavy atom. The van der Waals surface area contributed by atoms with E-state index in [9.17, 15) is 0 Å². The fourth-order valence-corrected chi connectivity index (χ4v) is 8.97. The second kappa shape index (κ2) is 18.1. The Balaban J connectivity index is 1.68. The molecule has 0 aliphatic heterocycles. The third-order valence-corrected chi connectivity index (χ3v) is 12.3. The minimum atomic E-state index is 0.0346. The van der Waals surface area contributed by atoms with Crippen molar-refractivity contribution < 1.29 is 0 Å². The van der Waals surface area contributed by atoms with Gasteiger partial charge in [0, 0.05) is 22.5 Å². The monoisotopic (exact) mass is 698 g/mol. The van der Waals surface area contributed by atoms with Crippen molar-refractivity contribution in [2.75, 3.05) is 4.90 Å². The Morgan fingerprint density at radius 1 is 0.481 bits per heavy atom. The van der Waals surface area contributed by atoms with E-state index in [-0.39, 0.29) is 10.8 Å². The molecule has 0 spiro atoms. The first-order valence-corrected chi connectivity index (χ1v) is 21.4. The minimum Gasteiger partial charge on any atom is -0.310 e. The molecule has 0 heterocycles. The second-order valence-electron chi connectivity index (χ2n) is 17.1. The molecule has 1 aliphatic rings. The first-order chi connectivity index (χ1) is 25.1. The maximum absolute atomic E-state index is 2.64. The largest absolute Gasteiger partial charge is 0.310 e. The fraction of sp³-hybridized carbons (Fsp3) is 0.529. The maximum Gasteiger partial charge on any atom is 0.0465 e. The summed E-state index contributed by atoms with van der Waals surface area (Å²) in [5.74, 6) is 0. The number of anilines is 3. The van der Waals surface area contributed by atoms with Gasteiger partial charge in [0.2, 0.25) is 0 Å². The van der Waals surface area contributed by atoms with Crippen LogP contribution in [-0.2, 0) is 23.7 Å². The van der Waals surface area contributed by atoms with Crippen LogP contribution in [0.4, 0.5) is 17.1 Å². The number of nitrogens with zero attached hydrogens (tertiary/aromatic N) is 1. The summed E-state index contributed by atoms with van der Waals surface area (Å²) in [5.41, 5.74) is 17.1. The Hall–Kier alpha value is -3.32. The lowest BCUT2D eigenvalue weighted by molar-refractivity contribution is 0.397. The van der Waals surface area contributed by atoms with Crippen LogP contribution in [0.15, 0.2) is 72.8 Å². The van der Waals surface area contributed by atoms with Crippen molar-refractivity contribution in [1.29, 1.82) is 0 Å². The van der Waals surface area contributed by atoms with Gasteiger partial charge < -0.3 is 4.90 Å². The smallest absolute Gasteiger partial charge is 0.0465 e. The zero-order valence-electron chi connectivity index (χ0n) is 34.7. The molecule has 1 heteroatoms. The number of rotatable bonds is 19. The number of hydrogen-bond donors (Lipinski definition) is 0. The van der Waals surface area contributed by atoms with E-state index in [2.05, 4.69) is 140 Å². The highest BCUT2D eigenvalue weighted by Crippen LogP contribution is 2.56. The van der Waals surface area contributed by atoms with Gasteiger partial charge >= 0.3 is 0 Å². The van der Waals surface area contributed by atoms with Crippen molar-refractivity contribution in [1.82, 2.24) is 0 Å². The third kappa shape index (κ3) is 8.89. The topological polar surface area (TPSA) is 3.24 Å². The van der Waals surface area contributed by atoms with Crippen LogP contribution < -0.4 is 4.90 Å². The number of aryl methyl sites for hydroxylation is 4. The van der Waals surface area contributed by atoms with Gasteiger partial charge in [-0.05, 0) is 131 Å². The average Bonchev–Trinajstić information content (AvgIpc) is 3.40. The van der Waals surface area contributed by atoms with Crippen molar-refractivity contribution in [3.05, 3.63) is 112 Å². The molecule has 52 heavy (non-hydrogen) atoms. The van der Waals surface area contributed by atoms with Gasteiger partial charge in [0.1, 0.15) is 0 Å². The molecule has 0 aromatic heterocycles. The molecule has 0 radical (unpaired) electrons. The highest BCUT2D eigenvalue weighted by atomic mass is 15.1. The molecule has 1 aliphatic carbocycles. The molecule has 0 saturated carbocycles. The third-order valence-electron chi connectivity index (χ3n) is 12.3. The zero-order valence-corrected chi connectivity index (χ0v) is 34.7. The molecule has 5 rings (SSSR count). The molecule has 0 saturated heterocycles. The number of benzene rings is 4. The normalized spacial score (nSPS) is 13.3. The molecule has 0 unspecified atom stereocenters. The molecule has 0 N–H and O–H groups in total. The predicted octanol–water partition coefficient (Wildman–Crippen LogP) is 16.0. The molecule has 4 aromatic carbocycles. The highest BCUT2D eigenvalue weighted by Gasteiger charge is 2.43. The van der Waals surface area contributed by atoms with Crippen LogP contribution in [0, 0.1) is 13.8 Å². The van der Waals surface area contributed by atoms with Crippen molar-refractivity contribution >= 4 is 17.1 Å². The lowest BCUT2D eigenvalue weighted by atomic mass is 9.69. The summed E-state index contributed by atoms with van der Waals surface area (Å²) in [5, 5.41) is 0. The van der Waals surface area contributed by atoms with Gasteiger partial charge in [-0.2, -0.15) is 0 Å². The Kier molecular flexibility index (Phi) is 13.9. The summed E-state index contributed by atoms with van der Waals surface area (Å²) in [6, 6.07) is 29.3. The van der Waals surface area contributed by atoms with Crippen LogP contribution in [0.25, 0.3) is 11.1 Å². The van der Waals surface area contributed by atoms with Gasteiger partial charge in [0.05, 0.1) is 0 Å². The first-order valence-electron chi connectivity index (χ1n) is 21.4. The van der Waals surface area contributed by atoms with Crippen LogP contribution in [0.5, 0.6) is 0 Å². The number of fused-ring (bicyclic) bond motifs is 3. The molecule has 0 bridgehead atoms. The summed E-state index contributed by atoms with van der Waals surface area (Å²) in [6.07, 6.45) is 20.6. The van der Waals surface area contributed by atoms with Crippen molar-refractivity contribution in [3.8, 4) is 11.1 Å². The second-order valence-corrected chi connectivity index (χ2v) is 17.1. The fourth-order valence-electron chi connectivity index (χ4n) is 8.97. The molecule has 1 nitrogen and oxygen atoms in total. The van der Waals surface area contributed by atoms with Crippen LogP contribution in [0.2, 0.25) is 0 Å². The van der Waals surface area contributed by atoms with E-state index < -0.39 is 0 Å². The lowest BCUT2D eigenvalue weighted by Gasteiger charge is -2.35. The molecule has 0 amide bonds. The summed E-state index contributed by atoms with van der Waals surface area (Å²) in [6.45, 7) is 20.9. The van der Waals surface area contributed by atoms with Gasteiger partial charge in [-0.25, -0.2) is 0 Å². The van der Waals surface area contributed by atoms with Crippen LogP contribution >= 0.6 is 0 Å². The molecule has 0 fully saturated rings. The van der Waals surface area contributed by atoms with Crippen LogP contribution in [0.1, 0.15) is 177 Å². The predicted molar refractivity (Wildman–Crippen MR) is 230 cm³/mol. The van der Waals surface area contributed by atoms with Crippen molar-refractivity contribution in [3.63, 3.8) is 0 Å². The van der Waals surface area contributed by atoms with Crippen LogP contribution in [0.3, 0.4) is 0 Å². The van der Waals surface area contributed by atoms with Gasteiger partial charge in [-0.1, -0.05) is 162 Å². The van der Waals surface area contributed by atoms with E-state index >= 15 is 0 Å². The average molecular weight is 698 g/mol. The Bertz CT molecular complexity index is 1680. The van der Waals surface area contributed by atoms with E-state index in [1.165, 1.54) is 146 Å². The number of hydrogen-bond acceptors (Lipinski definition) is 1. The molecular weight excluding hydrogens is 627 g/mol. The Morgan fingerprint density at radius 2 is 0.904 bits per heavy atom. The standard InChI is InChI=1S/C51H71N/c1-10-14-16-18-20-22-32-51(33-23-21-19-17-15-11-2)48-36-42(50(7,8)9)26-30-46(48)47-31-29-45(37-49(47)51)52(43-27-24-38(5)40(12-3)34-43)44-28-25-39(6)41(13-4)35-44/h24-31,34-37H,10-23,32-33H2,1-9H3. The summed E-state index contributed by atoms with van der Waals surface area (Å²) in [4.78, 5) is 2.56. The van der Waals surface area contributed by atoms with Gasteiger partial charge in [-0.15, -0.1) is 0 Å². The van der Waals surface area contributed by atoms with E-state index in [4.69, 9.17) is 0 Å². The number of unbranched alkanes of at least 4 members (excludes halogenated alkanes) is 10. The molecule has 0 atom stereocenters. The molecule has 4 aromatic rings. The maximum atomic E-state index is 2.64. The first kappa shape index (κ1) is 39.9. The van der Waals surface area contributed by atoms with Crippen molar-refractivity contribution in [2.24, 2.45) is 0 Å². The summed E-state index contributed by atoms with van der Waals surface area (Å²) < 4.78 is 0. The highest BCUT2D eigenvalue weighted by molar-refractivity contribution is 5.86. The van der Waals surface area contributed by atoms with Gasteiger partial charge in [0.15, 0.2) is 0 Å². The zero-order chi connectivity index (χ0) is 37.3. The minimum absolute atomic E-state index is 0.0346. The van der Waals surface area contributed by atoms with Crippen molar-refractivity contribution in [2.45, 2.75) is 176 Å². The van der Waals surface area contributed by atoms with E-state index in [0.29, 0.717) is 0 Å². The Labute approximate surface area is 319 Å². The van der Waals surface area contributed by atoms with Gasteiger partial charge in [0.25, 0.3) is 0 Å². The van der Waals surface area contributed by atoms with E-state index in [1.54, 1.807) is 11.1 Å². The molecule has 280 valence electrons. The van der Waals surface area contributed by atoms with Crippen LogP contribution in [-0.4, -0.2) is 0 Å². The molecular formula is C51H71N. The van der Waals surface area contributed by atoms with E-state index in [1.807, 2.05) is 0 Å². The quantitative estimate of drug-likeness (QED) is 0.0882. The summed E-state index contributed by atoms with van der Waals surface area (Å²) >= 11 is 0. The lowest BCUT2D eigenvalue weighted by Crippen LogP contribution is -2.26. The van der Waals surface area contributed by atoms with E-state index in [0.717, 1.165) is 12.8 Å².